The van der Waals surface area contributed by atoms with Gasteiger partial charge in [0.2, 0.25) is 5.91 Å². The van der Waals surface area contributed by atoms with Crippen molar-refractivity contribution in [1.82, 2.24) is 4.90 Å². The first kappa shape index (κ1) is 11.8. The van der Waals surface area contributed by atoms with Crippen LogP contribution in [0.25, 0.3) is 0 Å². The van der Waals surface area contributed by atoms with Crippen LogP contribution in [0.2, 0.25) is 0 Å². The summed E-state index contributed by atoms with van der Waals surface area (Å²) in [5.41, 5.74) is 3.75. The molecule has 17 heavy (non-hydrogen) atoms. The van der Waals surface area contributed by atoms with Crippen molar-refractivity contribution in [2.45, 2.75) is 26.7 Å². The minimum absolute atomic E-state index is 0.0280. The van der Waals surface area contributed by atoms with Gasteiger partial charge in [-0.2, -0.15) is 0 Å². The summed E-state index contributed by atoms with van der Waals surface area (Å²) in [5, 5.41) is 0. The van der Waals surface area contributed by atoms with Crippen molar-refractivity contribution < 1.29 is 9.59 Å². The van der Waals surface area contributed by atoms with Crippen LogP contribution in [0.3, 0.4) is 0 Å². The molecule has 1 amide bonds. The fourth-order valence-corrected chi connectivity index (χ4v) is 2.22. The van der Waals surface area contributed by atoms with Crippen LogP contribution < -0.4 is 0 Å². The Bertz CT molecular complexity index is 465. The van der Waals surface area contributed by atoms with Gasteiger partial charge >= 0.3 is 0 Å². The highest BCUT2D eigenvalue weighted by Gasteiger charge is 2.26. The van der Waals surface area contributed by atoms with Gasteiger partial charge in [-0.15, -0.1) is 0 Å². The molecule has 0 unspecified atom stereocenters. The number of benzene rings is 1. The van der Waals surface area contributed by atoms with Crippen LogP contribution in [-0.4, -0.2) is 29.7 Å². The van der Waals surface area contributed by atoms with E-state index in [-0.39, 0.29) is 18.1 Å². The molecule has 1 aliphatic rings. The number of likely N-dealkylation sites (tertiary alicyclic amines) is 1. The summed E-state index contributed by atoms with van der Waals surface area (Å²) in [6.45, 7) is 5.09. The molecule has 0 N–H and O–H groups in total. The van der Waals surface area contributed by atoms with E-state index in [0.29, 0.717) is 13.1 Å². The fraction of sp³-hybridized carbons (Fsp3) is 0.429. The Hall–Kier alpha value is -1.64. The van der Waals surface area contributed by atoms with Crippen LogP contribution in [0.1, 0.15) is 23.1 Å². The summed E-state index contributed by atoms with van der Waals surface area (Å²) in [6, 6.07) is 6.33. The lowest BCUT2D eigenvalue weighted by molar-refractivity contribution is -0.127. The maximum atomic E-state index is 11.5. The zero-order valence-electron chi connectivity index (χ0n) is 10.3. The van der Waals surface area contributed by atoms with E-state index >= 15 is 0 Å². The monoisotopic (exact) mass is 231 g/mol. The third kappa shape index (κ3) is 2.73. The van der Waals surface area contributed by atoms with E-state index in [1.165, 1.54) is 16.7 Å². The Labute approximate surface area is 101 Å². The maximum Gasteiger partial charge on any atom is 0.230 e. The first-order chi connectivity index (χ1) is 8.06. The standard InChI is InChI=1S/C14H17NO2/c1-10-3-4-12(11(2)7-10)5-6-15-9-13(16)8-14(15)17/h3-4,7H,5-6,8-9H2,1-2H3. The molecule has 0 aliphatic carbocycles. The van der Waals surface area contributed by atoms with Crippen LogP contribution in [0.15, 0.2) is 18.2 Å². The Kier molecular flexibility index (Phi) is 3.27. The molecule has 0 bridgehead atoms. The van der Waals surface area contributed by atoms with Crippen LogP contribution in [0.4, 0.5) is 0 Å². The Morgan fingerprint density at radius 3 is 2.59 bits per heavy atom. The second kappa shape index (κ2) is 4.70. The topological polar surface area (TPSA) is 37.4 Å². The zero-order chi connectivity index (χ0) is 12.4. The molecule has 1 fully saturated rings. The molecule has 3 nitrogen and oxygen atoms in total. The molecule has 1 heterocycles. The lowest BCUT2D eigenvalue weighted by Crippen LogP contribution is -2.27. The van der Waals surface area contributed by atoms with E-state index in [9.17, 15) is 9.59 Å². The highest BCUT2D eigenvalue weighted by Crippen LogP contribution is 2.13. The molecule has 1 aromatic carbocycles. The summed E-state index contributed by atoms with van der Waals surface area (Å²) in [6.07, 6.45) is 0.915. The molecule has 1 saturated heterocycles. The average molecular weight is 231 g/mol. The molecular formula is C14H17NO2. The van der Waals surface area contributed by atoms with Crippen molar-refractivity contribution in [3.05, 3.63) is 34.9 Å². The Balaban J connectivity index is 1.98. The van der Waals surface area contributed by atoms with Gasteiger partial charge in [-0.25, -0.2) is 0 Å². The van der Waals surface area contributed by atoms with E-state index in [0.717, 1.165) is 6.42 Å². The number of aryl methyl sites for hydroxylation is 2. The quantitative estimate of drug-likeness (QED) is 0.742. The number of rotatable bonds is 3. The van der Waals surface area contributed by atoms with Crippen molar-refractivity contribution in [3.8, 4) is 0 Å². The lowest BCUT2D eigenvalue weighted by Gasteiger charge is -2.15. The summed E-state index contributed by atoms with van der Waals surface area (Å²) in [4.78, 5) is 24.2. The van der Waals surface area contributed by atoms with Crippen LogP contribution in [0, 0.1) is 13.8 Å². The lowest BCUT2D eigenvalue weighted by atomic mass is 10.0. The minimum atomic E-state index is -0.0280. The van der Waals surface area contributed by atoms with E-state index in [1.807, 2.05) is 0 Å². The summed E-state index contributed by atoms with van der Waals surface area (Å²) in [5.74, 6) is 0.00962. The molecule has 0 atom stereocenters. The molecule has 0 saturated carbocycles. The summed E-state index contributed by atoms with van der Waals surface area (Å²) in [7, 11) is 0. The van der Waals surface area contributed by atoms with Crippen molar-refractivity contribution in [2.75, 3.05) is 13.1 Å². The number of hydrogen-bond donors (Lipinski definition) is 0. The molecule has 90 valence electrons. The average Bonchev–Trinajstić information content (AvgIpc) is 2.56. The Morgan fingerprint density at radius 2 is 2.00 bits per heavy atom. The SMILES string of the molecule is Cc1ccc(CCN2CC(=O)CC2=O)c(C)c1. The maximum absolute atomic E-state index is 11.5. The number of carbonyl (C=O) groups excluding carboxylic acids is 2. The van der Waals surface area contributed by atoms with E-state index in [2.05, 4.69) is 32.0 Å². The van der Waals surface area contributed by atoms with Crippen LogP contribution in [0.5, 0.6) is 0 Å². The normalized spacial score (nSPS) is 15.8. The second-order valence-electron chi connectivity index (χ2n) is 4.71. The van der Waals surface area contributed by atoms with E-state index in [1.54, 1.807) is 4.90 Å². The number of carbonyl (C=O) groups is 2. The molecule has 2 rings (SSSR count). The van der Waals surface area contributed by atoms with Gasteiger partial charge in [0.15, 0.2) is 5.78 Å². The molecule has 1 aliphatic heterocycles. The Morgan fingerprint density at radius 1 is 1.24 bits per heavy atom. The third-order valence-corrected chi connectivity index (χ3v) is 3.22. The van der Waals surface area contributed by atoms with Gasteiger partial charge in [-0.3, -0.25) is 9.59 Å². The fourth-order valence-electron chi connectivity index (χ4n) is 2.22. The van der Waals surface area contributed by atoms with Gasteiger partial charge in [0, 0.05) is 6.54 Å². The molecule has 3 heteroatoms. The number of hydrogen-bond acceptors (Lipinski definition) is 2. The van der Waals surface area contributed by atoms with Crippen molar-refractivity contribution in [2.24, 2.45) is 0 Å². The van der Waals surface area contributed by atoms with Gasteiger partial charge in [0.05, 0.1) is 13.0 Å². The van der Waals surface area contributed by atoms with Crippen molar-refractivity contribution >= 4 is 11.7 Å². The van der Waals surface area contributed by atoms with Gasteiger partial charge in [0.1, 0.15) is 0 Å². The zero-order valence-corrected chi connectivity index (χ0v) is 10.3. The molecule has 0 radical (unpaired) electrons. The highest BCUT2D eigenvalue weighted by molar-refractivity contribution is 6.05. The van der Waals surface area contributed by atoms with E-state index < -0.39 is 0 Å². The molecular weight excluding hydrogens is 214 g/mol. The third-order valence-electron chi connectivity index (χ3n) is 3.22. The van der Waals surface area contributed by atoms with Crippen molar-refractivity contribution in [3.63, 3.8) is 0 Å². The minimum Gasteiger partial charge on any atom is -0.335 e. The van der Waals surface area contributed by atoms with Crippen molar-refractivity contribution in [1.29, 1.82) is 0 Å². The smallest absolute Gasteiger partial charge is 0.230 e. The number of ketones is 1. The molecule has 0 spiro atoms. The predicted octanol–water partition coefficient (Wildman–Crippen LogP) is 1.65. The van der Waals surface area contributed by atoms with E-state index in [4.69, 9.17) is 0 Å². The van der Waals surface area contributed by atoms with Crippen LogP contribution >= 0.6 is 0 Å². The molecule has 0 aromatic heterocycles. The first-order valence-corrected chi connectivity index (χ1v) is 5.92. The van der Waals surface area contributed by atoms with Gasteiger partial charge in [-0.05, 0) is 31.4 Å². The molecule has 1 aromatic rings. The number of Topliss-reactive ketones (excluding diaryl/α,β-unsaturated/α-hetero) is 1. The van der Waals surface area contributed by atoms with Gasteiger partial charge in [-0.1, -0.05) is 23.8 Å². The predicted molar refractivity (Wildman–Crippen MR) is 65.8 cm³/mol. The van der Waals surface area contributed by atoms with Gasteiger partial charge in [0.25, 0.3) is 0 Å². The first-order valence-electron chi connectivity index (χ1n) is 5.92. The summed E-state index contributed by atoms with van der Waals surface area (Å²) >= 11 is 0. The largest absolute Gasteiger partial charge is 0.335 e. The number of nitrogens with zero attached hydrogens (tertiary/aromatic N) is 1. The second-order valence-corrected chi connectivity index (χ2v) is 4.71. The van der Waals surface area contributed by atoms with Crippen LogP contribution in [-0.2, 0) is 16.0 Å². The summed E-state index contributed by atoms with van der Waals surface area (Å²) < 4.78 is 0. The number of amides is 1. The highest BCUT2D eigenvalue weighted by atomic mass is 16.2. The van der Waals surface area contributed by atoms with Gasteiger partial charge < -0.3 is 4.90 Å².